The summed E-state index contributed by atoms with van der Waals surface area (Å²) < 4.78 is 10.1. The van der Waals surface area contributed by atoms with Crippen molar-refractivity contribution < 1.29 is 14.3 Å². The van der Waals surface area contributed by atoms with Crippen molar-refractivity contribution in [2.45, 2.75) is 33.1 Å². The Morgan fingerprint density at radius 3 is 2.83 bits per heavy atom. The highest BCUT2D eigenvalue weighted by molar-refractivity contribution is 5.69. The van der Waals surface area contributed by atoms with Crippen LogP contribution in [0.15, 0.2) is 0 Å². The number of ether oxygens (including phenoxy) is 2. The van der Waals surface area contributed by atoms with Gasteiger partial charge in [-0.2, -0.15) is 0 Å². The van der Waals surface area contributed by atoms with Gasteiger partial charge >= 0.3 is 6.09 Å². The Kier molecular flexibility index (Phi) is 2.92. The highest BCUT2D eigenvalue weighted by atomic mass is 16.7. The first-order valence-corrected chi connectivity index (χ1v) is 4.24. The van der Waals surface area contributed by atoms with Crippen LogP contribution in [0.5, 0.6) is 0 Å². The van der Waals surface area contributed by atoms with Crippen LogP contribution in [-0.2, 0) is 9.47 Å². The van der Waals surface area contributed by atoms with Crippen LogP contribution in [0, 0.1) is 0 Å². The fraction of sp³-hybridized carbons (Fsp3) is 0.875. The lowest BCUT2D eigenvalue weighted by Gasteiger charge is -2.16. The van der Waals surface area contributed by atoms with Crippen LogP contribution in [0.25, 0.3) is 0 Å². The summed E-state index contributed by atoms with van der Waals surface area (Å²) in [5, 5.41) is 0. The van der Waals surface area contributed by atoms with Crippen LogP contribution in [0.4, 0.5) is 4.79 Å². The monoisotopic (exact) mass is 173 g/mol. The number of carbonyl (C=O) groups is 1. The SMILES string of the molecule is CCOC1CN(C(C)C)C(=O)O1. The van der Waals surface area contributed by atoms with E-state index in [4.69, 9.17) is 9.47 Å². The first-order valence-electron chi connectivity index (χ1n) is 4.24. The van der Waals surface area contributed by atoms with Crippen molar-refractivity contribution in [3.63, 3.8) is 0 Å². The molecule has 1 aliphatic rings. The van der Waals surface area contributed by atoms with Gasteiger partial charge in [0.15, 0.2) is 0 Å². The molecule has 1 rings (SSSR count). The zero-order chi connectivity index (χ0) is 9.14. The van der Waals surface area contributed by atoms with E-state index < -0.39 is 0 Å². The molecule has 1 atom stereocenters. The van der Waals surface area contributed by atoms with Crippen molar-refractivity contribution in [2.24, 2.45) is 0 Å². The van der Waals surface area contributed by atoms with Gasteiger partial charge in [-0.1, -0.05) is 0 Å². The second kappa shape index (κ2) is 3.76. The minimum atomic E-state index is -0.370. The van der Waals surface area contributed by atoms with Gasteiger partial charge in [0.25, 0.3) is 0 Å². The predicted octanol–water partition coefficient (Wildman–Crippen LogP) is 1.21. The number of amides is 1. The smallest absolute Gasteiger partial charge is 0.412 e. The molecule has 4 heteroatoms. The predicted molar refractivity (Wildman–Crippen MR) is 43.7 cm³/mol. The van der Waals surface area contributed by atoms with E-state index in [9.17, 15) is 4.79 Å². The number of hydrogen-bond donors (Lipinski definition) is 0. The maximum absolute atomic E-state index is 11.1. The summed E-state index contributed by atoms with van der Waals surface area (Å²) in [5.74, 6) is 0. The van der Waals surface area contributed by atoms with Crippen LogP contribution in [0.2, 0.25) is 0 Å². The Morgan fingerprint density at radius 2 is 2.42 bits per heavy atom. The number of cyclic esters (lactones) is 1. The second-order valence-electron chi connectivity index (χ2n) is 3.01. The molecule has 12 heavy (non-hydrogen) atoms. The van der Waals surface area contributed by atoms with Crippen molar-refractivity contribution in [2.75, 3.05) is 13.2 Å². The zero-order valence-corrected chi connectivity index (χ0v) is 7.74. The average molecular weight is 173 g/mol. The van der Waals surface area contributed by atoms with Gasteiger partial charge in [0, 0.05) is 12.6 Å². The highest BCUT2D eigenvalue weighted by Crippen LogP contribution is 2.14. The third-order valence-electron chi connectivity index (χ3n) is 1.79. The van der Waals surface area contributed by atoms with Crippen LogP contribution in [-0.4, -0.2) is 36.5 Å². The molecule has 0 aromatic rings. The summed E-state index contributed by atoms with van der Waals surface area (Å²) in [4.78, 5) is 12.8. The fourth-order valence-corrected chi connectivity index (χ4v) is 1.15. The quantitative estimate of drug-likeness (QED) is 0.644. The van der Waals surface area contributed by atoms with Crippen molar-refractivity contribution in [3.05, 3.63) is 0 Å². The number of rotatable bonds is 3. The van der Waals surface area contributed by atoms with E-state index in [1.807, 2.05) is 20.8 Å². The molecule has 0 saturated carbocycles. The van der Waals surface area contributed by atoms with E-state index in [2.05, 4.69) is 0 Å². The van der Waals surface area contributed by atoms with E-state index in [1.54, 1.807) is 4.90 Å². The van der Waals surface area contributed by atoms with Crippen LogP contribution < -0.4 is 0 Å². The van der Waals surface area contributed by atoms with Crippen molar-refractivity contribution >= 4 is 6.09 Å². The van der Waals surface area contributed by atoms with E-state index in [0.717, 1.165) is 0 Å². The average Bonchev–Trinajstić information content (AvgIpc) is 2.32. The van der Waals surface area contributed by atoms with Crippen LogP contribution >= 0.6 is 0 Å². The van der Waals surface area contributed by atoms with Gasteiger partial charge in [0.2, 0.25) is 6.29 Å². The first kappa shape index (κ1) is 9.32. The van der Waals surface area contributed by atoms with Gasteiger partial charge in [-0.05, 0) is 20.8 Å². The molecule has 1 saturated heterocycles. The van der Waals surface area contributed by atoms with Gasteiger partial charge < -0.3 is 9.47 Å². The lowest BCUT2D eigenvalue weighted by atomic mass is 10.3. The Labute approximate surface area is 72.4 Å². The Morgan fingerprint density at radius 1 is 1.75 bits per heavy atom. The van der Waals surface area contributed by atoms with Crippen LogP contribution in [0.1, 0.15) is 20.8 Å². The minimum absolute atomic E-state index is 0.183. The van der Waals surface area contributed by atoms with Gasteiger partial charge in [0.1, 0.15) is 0 Å². The zero-order valence-electron chi connectivity index (χ0n) is 7.74. The molecule has 0 aliphatic carbocycles. The van der Waals surface area contributed by atoms with Gasteiger partial charge in [-0.25, -0.2) is 4.79 Å². The molecule has 1 unspecified atom stereocenters. The number of nitrogens with zero attached hydrogens (tertiary/aromatic N) is 1. The summed E-state index contributed by atoms with van der Waals surface area (Å²) >= 11 is 0. The molecule has 0 N–H and O–H groups in total. The van der Waals surface area contributed by atoms with Crippen molar-refractivity contribution in [3.8, 4) is 0 Å². The Hall–Kier alpha value is -0.770. The summed E-state index contributed by atoms with van der Waals surface area (Å²) in [5.41, 5.74) is 0. The summed E-state index contributed by atoms with van der Waals surface area (Å²) in [6, 6.07) is 0.183. The van der Waals surface area contributed by atoms with Gasteiger partial charge in [0.05, 0.1) is 6.54 Å². The molecule has 0 spiro atoms. The molecule has 1 amide bonds. The van der Waals surface area contributed by atoms with Gasteiger partial charge in [-0.3, -0.25) is 4.90 Å². The molecule has 0 radical (unpaired) electrons. The maximum Gasteiger partial charge on any atom is 0.412 e. The summed E-state index contributed by atoms with van der Waals surface area (Å²) in [7, 11) is 0. The Balaban J connectivity index is 2.45. The van der Waals surface area contributed by atoms with E-state index in [0.29, 0.717) is 13.2 Å². The standard InChI is InChI=1S/C8H15NO3/c1-4-11-7-5-9(6(2)3)8(10)12-7/h6-7H,4-5H2,1-3H3. The molecule has 0 aromatic carbocycles. The molecule has 1 aliphatic heterocycles. The maximum atomic E-state index is 11.1. The largest absolute Gasteiger partial charge is 0.417 e. The van der Waals surface area contributed by atoms with Crippen molar-refractivity contribution in [1.82, 2.24) is 4.90 Å². The second-order valence-corrected chi connectivity index (χ2v) is 3.01. The number of carbonyl (C=O) groups excluding carboxylic acids is 1. The fourth-order valence-electron chi connectivity index (χ4n) is 1.15. The molecular weight excluding hydrogens is 158 g/mol. The molecule has 1 fully saturated rings. The van der Waals surface area contributed by atoms with Gasteiger partial charge in [-0.15, -0.1) is 0 Å². The highest BCUT2D eigenvalue weighted by Gasteiger charge is 2.32. The number of hydrogen-bond acceptors (Lipinski definition) is 3. The minimum Gasteiger partial charge on any atom is -0.417 e. The third kappa shape index (κ3) is 1.88. The molecular formula is C8H15NO3. The Bertz CT molecular complexity index is 170. The molecule has 0 aromatic heterocycles. The molecule has 0 bridgehead atoms. The first-order chi connectivity index (χ1) is 5.65. The summed E-state index contributed by atoms with van der Waals surface area (Å²) in [6.07, 6.45) is -0.645. The third-order valence-corrected chi connectivity index (χ3v) is 1.79. The normalized spacial score (nSPS) is 23.5. The molecule has 1 heterocycles. The van der Waals surface area contributed by atoms with Crippen LogP contribution in [0.3, 0.4) is 0 Å². The lowest BCUT2D eigenvalue weighted by Crippen LogP contribution is -2.32. The van der Waals surface area contributed by atoms with E-state index >= 15 is 0 Å². The van der Waals surface area contributed by atoms with E-state index in [-0.39, 0.29) is 18.4 Å². The van der Waals surface area contributed by atoms with Crippen molar-refractivity contribution in [1.29, 1.82) is 0 Å². The molecule has 70 valence electrons. The topological polar surface area (TPSA) is 38.8 Å². The summed E-state index contributed by atoms with van der Waals surface area (Å²) in [6.45, 7) is 6.91. The lowest BCUT2D eigenvalue weighted by molar-refractivity contribution is -0.0711. The molecule has 4 nitrogen and oxygen atoms in total. The van der Waals surface area contributed by atoms with E-state index in [1.165, 1.54) is 0 Å².